The van der Waals surface area contributed by atoms with E-state index in [0.29, 0.717) is 25.7 Å². The van der Waals surface area contributed by atoms with Crippen LogP contribution in [-0.4, -0.2) is 40.8 Å². The molecule has 0 heterocycles. The number of ether oxygens (including phenoxy) is 1. The van der Waals surface area contributed by atoms with Gasteiger partial charge in [0.15, 0.2) is 0 Å². The zero-order chi connectivity index (χ0) is 24.1. The SMILES string of the molecule is CCCCC(F)(F)C(=O)CCC1C(O)CC(=O)C1CCCCCCCCC(=O)OC(C)C. The number of aliphatic hydroxyl groups is 1. The molecule has 5 nitrogen and oxygen atoms in total. The third kappa shape index (κ3) is 10.5. The van der Waals surface area contributed by atoms with E-state index >= 15 is 0 Å². The highest BCUT2D eigenvalue weighted by Gasteiger charge is 2.43. The summed E-state index contributed by atoms with van der Waals surface area (Å²) in [6.45, 7) is 5.46. The molecule has 0 bridgehead atoms. The van der Waals surface area contributed by atoms with E-state index in [-0.39, 0.29) is 43.0 Å². The molecule has 1 aliphatic carbocycles. The van der Waals surface area contributed by atoms with E-state index in [1.54, 1.807) is 6.92 Å². The second kappa shape index (κ2) is 14.7. The van der Waals surface area contributed by atoms with Gasteiger partial charge in [-0.1, -0.05) is 45.4 Å². The number of ketones is 2. The minimum atomic E-state index is -3.31. The van der Waals surface area contributed by atoms with Crippen molar-refractivity contribution in [3.05, 3.63) is 0 Å². The second-order valence-electron chi connectivity index (χ2n) is 9.48. The van der Waals surface area contributed by atoms with Gasteiger partial charge in [-0.2, -0.15) is 8.78 Å². The van der Waals surface area contributed by atoms with Crippen molar-refractivity contribution in [1.82, 2.24) is 0 Å². The lowest BCUT2D eigenvalue weighted by atomic mass is 9.85. The molecular weight excluding hydrogens is 418 g/mol. The van der Waals surface area contributed by atoms with Crippen molar-refractivity contribution >= 4 is 17.5 Å². The van der Waals surface area contributed by atoms with Gasteiger partial charge in [-0.25, -0.2) is 0 Å². The second-order valence-corrected chi connectivity index (χ2v) is 9.48. The summed E-state index contributed by atoms with van der Waals surface area (Å²) < 4.78 is 32.9. The van der Waals surface area contributed by atoms with Crippen LogP contribution in [0.5, 0.6) is 0 Å². The first-order valence-corrected chi connectivity index (χ1v) is 12.4. The summed E-state index contributed by atoms with van der Waals surface area (Å²) in [7, 11) is 0. The van der Waals surface area contributed by atoms with E-state index in [2.05, 4.69) is 0 Å². The molecule has 0 radical (unpaired) electrons. The molecule has 32 heavy (non-hydrogen) atoms. The first kappa shape index (κ1) is 28.7. The molecule has 0 aromatic carbocycles. The fourth-order valence-corrected chi connectivity index (χ4v) is 4.47. The van der Waals surface area contributed by atoms with Gasteiger partial charge in [0.1, 0.15) is 5.78 Å². The minimum absolute atomic E-state index is 0.0173. The van der Waals surface area contributed by atoms with Gasteiger partial charge < -0.3 is 9.84 Å². The highest BCUT2D eigenvalue weighted by Crippen LogP contribution is 2.37. The fraction of sp³-hybridized carbons (Fsp3) is 0.880. The number of carbonyl (C=O) groups excluding carboxylic acids is 3. The van der Waals surface area contributed by atoms with E-state index in [1.807, 2.05) is 13.8 Å². The lowest BCUT2D eigenvalue weighted by Gasteiger charge is -2.22. The molecule has 1 fully saturated rings. The number of aliphatic hydroxyl groups excluding tert-OH is 1. The van der Waals surface area contributed by atoms with Crippen molar-refractivity contribution in [3.8, 4) is 0 Å². The standard InChI is InChI=1S/C25H42F2O5/c1-4-5-16-25(26,27)23(30)15-14-20-19(21(28)17-22(20)29)12-10-8-6-7-9-11-13-24(31)32-18(2)3/h18-20,22,29H,4-17H2,1-3H3. The molecule has 1 aliphatic rings. The first-order valence-electron chi connectivity index (χ1n) is 12.4. The van der Waals surface area contributed by atoms with Crippen molar-refractivity contribution < 1.29 is 33.0 Å². The molecule has 0 aromatic rings. The Kier molecular flexibility index (Phi) is 13.2. The molecule has 0 saturated heterocycles. The number of hydrogen-bond donors (Lipinski definition) is 1. The highest BCUT2D eigenvalue weighted by atomic mass is 19.3. The van der Waals surface area contributed by atoms with Crippen molar-refractivity contribution in [2.45, 2.75) is 129 Å². The van der Waals surface area contributed by atoms with E-state index in [1.165, 1.54) is 0 Å². The average Bonchev–Trinajstić information content (AvgIpc) is 2.98. The van der Waals surface area contributed by atoms with Gasteiger partial charge in [0.25, 0.3) is 0 Å². The van der Waals surface area contributed by atoms with Gasteiger partial charge in [-0.3, -0.25) is 14.4 Å². The van der Waals surface area contributed by atoms with E-state index in [0.717, 1.165) is 38.5 Å². The number of halogens is 2. The number of rotatable bonds is 17. The number of Topliss-reactive ketones (excluding diaryl/α,β-unsaturated/α-hetero) is 2. The van der Waals surface area contributed by atoms with Crippen LogP contribution in [0.15, 0.2) is 0 Å². The van der Waals surface area contributed by atoms with Crippen molar-refractivity contribution in [3.63, 3.8) is 0 Å². The molecule has 0 aliphatic heterocycles. The molecule has 3 atom stereocenters. The van der Waals surface area contributed by atoms with Crippen LogP contribution >= 0.6 is 0 Å². The summed E-state index contributed by atoms with van der Waals surface area (Å²) in [6, 6.07) is 0. The first-order chi connectivity index (χ1) is 15.1. The summed E-state index contributed by atoms with van der Waals surface area (Å²) in [5.74, 6) is -5.31. The Morgan fingerprint density at radius 3 is 2.28 bits per heavy atom. The molecule has 0 aromatic heterocycles. The lowest BCUT2D eigenvalue weighted by Crippen LogP contribution is -2.30. The molecule has 1 N–H and O–H groups in total. The smallest absolute Gasteiger partial charge is 0.306 e. The summed E-state index contributed by atoms with van der Waals surface area (Å²) in [4.78, 5) is 35.7. The van der Waals surface area contributed by atoms with Gasteiger partial charge in [0, 0.05) is 31.6 Å². The number of hydrogen-bond acceptors (Lipinski definition) is 5. The van der Waals surface area contributed by atoms with Gasteiger partial charge in [0.2, 0.25) is 5.78 Å². The molecular formula is C25H42F2O5. The Bertz CT molecular complexity index is 591. The highest BCUT2D eigenvalue weighted by molar-refractivity contribution is 5.86. The van der Waals surface area contributed by atoms with Crippen molar-refractivity contribution in [2.24, 2.45) is 11.8 Å². The fourth-order valence-electron chi connectivity index (χ4n) is 4.47. The zero-order valence-corrected chi connectivity index (χ0v) is 20.0. The van der Waals surface area contributed by atoms with Crippen LogP contribution in [0.25, 0.3) is 0 Å². The van der Waals surface area contributed by atoms with Crippen LogP contribution < -0.4 is 0 Å². The predicted molar refractivity (Wildman–Crippen MR) is 119 cm³/mol. The quantitative estimate of drug-likeness (QED) is 0.219. The van der Waals surface area contributed by atoms with E-state index < -0.39 is 30.1 Å². The molecule has 3 unspecified atom stereocenters. The number of unbranched alkanes of at least 4 members (excludes halogenated alkanes) is 6. The van der Waals surface area contributed by atoms with Gasteiger partial charge in [0.05, 0.1) is 12.2 Å². The largest absolute Gasteiger partial charge is 0.463 e. The minimum Gasteiger partial charge on any atom is -0.463 e. The van der Waals surface area contributed by atoms with Crippen LogP contribution in [0.2, 0.25) is 0 Å². The molecule has 1 rings (SSSR count). The molecule has 186 valence electrons. The molecule has 0 amide bonds. The Labute approximate surface area is 191 Å². The Morgan fingerprint density at radius 2 is 1.66 bits per heavy atom. The predicted octanol–water partition coefficient (Wildman–Crippen LogP) is 5.80. The maximum absolute atomic E-state index is 13.9. The Hall–Kier alpha value is -1.37. The number of carbonyl (C=O) groups is 3. The van der Waals surface area contributed by atoms with Crippen LogP contribution in [0.3, 0.4) is 0 Å². The van der Waals surface area contributed by atoms with Crippen LogP contribution in [0.1, 0.15) is 111 Å². The average molecular weight is 461 g/mol. The summed E-state index contributed by atoms with van der Waals surface area (Å²) >= 11 is 0. The lowest BCUT2D eigenvalue weighted by molar-refractivity contribution is -0.147. The topological polar surface area (TPSA) is 80.7 Å². The number of alkyl halides is 2. The summed E-state index contributed by atoms with van der Waals surface area (Å²) in [6.07, 6.45) is 6.04. The summed E-state index contributed by atoms with van der Waals surface area (Å²) in [5.41, 5.74) is 0. The van der Waals surface area contributed by atoms with E-state index in [9.17, 15) is 28.3 Å². The number of esters is 1. The van der Waals surface area contributed by atoms with Crippen molar-refractivity contribution in [1.29, 1.82) is 0 Å². The van der Waals surface area contributed by atoms with Gasteiger partial charge in [-0.05, 0) is 45.4 Å². The van der Waals surface area contributed by atoms with E-state index in [4.69, 9.17) is 4.74 Å². The summed E-state index contributed by atoms with van der Waals surface area (Å²) in [5, 5.41) is 10.2. The van der Waals surface area contributed by atoms with Crippen LogP contribution in [-0.2, 0) is 19.1 Å². The van der Waals surface area contributed by atoms with Gasteiger partial charge >= 0.3 is 11.9 Å². The zero-order valence-electron chi connectivity index (χ0n) is 20.0. The Morgan fingerprint density at radius 1 is 1.03 bits per heavy atom. The molecule has 7 heteroatoms. The normalized spacial score (nSPS) is 21.3. The maximum atomic E-state index is 13.9. The van der Waals surface area contributed by atoms with Crippen LogP contribution in [0.4, 0.5) is 8.78 Å². The third-order valence-corrected chi connectivity index (χ3v) is 6.31. The molecule has 0 spiro atoms. The maximum Gasteiger partial charge on any atom is 0.306 e. The van der Waals surface area contributed by atoms with Crippen molar-refractivity contribution in [2.75, 3.05) is 0 Å². The van der Waals surface area contributed by atoms with Crippen LogP contribution in [0, 0.1) is 11.8 Å². The Balaban J connectivity index is 2.30. The van der Waals surface area contributed by atoms with Gasteiger partial charge in [-0.15, -0.1) is 0 Å². The monoisotopic (exact) mass is 460 g/mol. The third-order valence-electron chi connectivity index (χ3n) is 6.31. The molecule has 1 saturated carbocycles.